The van der Waals surface area contributed by atoms with E-state index in [2.05, 4.69) is 39.2 Å². The zero-order chi connectivity index (χ0) is 25.6. The zero-order valence-corrected chi connectivity index (χ0v) is 21.8. The summed E-state index contributed by atoms with van der Waals surface area (Å²) in [6.07, 6.45) is 2.23. The van der Waals surface area contributed by atoms with Gasteiger partial charge in [0.2, 0.25) is 5.76 Å². The Morgan fingerprint density at radius 3 is 2.53 bits per heavy atom. The number of amides is 3. The second-order valence-electron chi connectivity index (χ2n) is 10.5. The molecule has 3 atom stereocenters. The van der Waals surface area contributed by atoms with Crippen LogP contribution in [0.25, 0.3) is 0 Å². The van der Waals surface area contributed by atoms with Crippen molar-refractivity contribution < 1.29 is 18.7 Å². The van der Waals surface area contributed by atoms with Gasteiger partial charge >= 0.3 is 6.03 Å². The van der Waals surface area contributed by atoms with E-state index in [1.165, 1.54) is 0 Å². The Balaban J connectivity index is 1.24. The number of ether oxygens (including phenoxy) is 1. The Bertz CT molecular complexity index is 1120. The minimum atomic E-state index is -0.400. The molecule has 5 rings (SSSR count). The van der Waals surface area contributed by atoms with Crippen LogP contribution in [0.15, 0.2) is 4.42 Å². The van der Waals surface area contributed by atoms with E-state index in [-0.39, 0.29) is 23.9 Å². The number of carbonyl (C=O) groups excluding carboxylic acids is 2. The van der Waals surface area contributed by atoms with Crippen LogP contribution in [-0.2, 0) is 11.3 Å². The number of H-pyrrole nitrogens is 1. The van der Waals surface area contributed by atoms with E-state index in [4.69, 9.17) is 9.15 Å². The molecule has 0 saturated carbocycles. The maximum absolute atomic E-state index is 13.7. The highest BCUT2D eigenvalue weighted by molar-refractivity contribution is 6.02. The SMILES string of the molecule is Cc1nc(C)c(C(=O)Nc2n[nH]c3c2CN(C(=O)N2C[C@@H](C)N(CC4CCOCC4)C[C@@H]2C)C3C)o1. The van der Waals surface area contributed by atoms with Gasteiger partial charge in [-0.15, -0.1) is 0 Å². The van der Waals surface area contributed by atoms with Gasteiger partial charge in [0.05, 0.1) is 24.0 Å². The van der Waals surface area contributed by atoms with Crippen molar-refractivity contribution in [3.05, 3.63) is 28.6 Å². The molecule has 2 fully saturated rings. The van der Waals surface area contributed by atoms with Crippen molar-refractivity contribution in [3.8, 4) is 0 Å². The van der Waals surface area contributed by atoms with E-state index in [1.807, 2.05) is 16.7 Å². The third-order valence-corrected chi connectivity index (χ3v) is 7.89. The van der Waals surface area contributed by atoms with Crippen LogP contribution in [-0.4, -0.2) is 86.8 Å². The van der Waals surface area contributed by atoms with Crippen LogP contribution in [0.3, 0.4) is 0 Å². The number of rotatable bonds is 4. The predicted octanol–water partition coefficient (Wildman–Crippen LogP) is 3.08. The average molecular weight is 500 g/mol. The Labute approximate surface area is 211 Å². The van der Waals surface area contributed by atoms with Crippen LogP contribution in [0.5, 0.6) is 0 Å². The molecule has 2 saturated heterocycles. The van der Waals surface area contributed by atoms with Crippen molar-refractivity contribution in [2.24, 2.45) is 5.92 Å². The first-order valence-electron chi connectivity index (χ1n) is 12.9. The number of hydrogen-bond donors (Lipinski definition) is 2. The molecule has 11 heteroatoms. The Morgan fingerprint density at radius 1 is 1.08 bits per heavy atom. The van der Waals surface area contributed by atoms with Crippen LogP contribution in [0.4, 0.5) is 10.6 Å². The Kier molecular flexibility index (Phi) is 6.78. The van der Waals surface area contributed by atoms with Gasteiger partial charge in [0.15, 0.2) is 11.7 Å². The topological polar surface area (TPSA) is 120 Å². The third-order valence-electron chi connectivity index (χ3n) is 7.89. The molecule has 0 aliphatic carbocycles. The number of urea groups is 1. The molecule has 2 aromatic heterocycles. The number of hydrogen-bond acceptors (Lipinski definition) is 7. The van der Waals surface area contributed by atoms with Crippen LogP contribution >= 0.6 is 0 Å². The van der Waals surface area contributed by atoms with E-state index in [0.717, 1.165) is 50.4 Å². The quantitative estimate of drug-likeness (QED) is 0.663. The summed E-state index contributed by atoms with van der Waals surface area (Å²) >= 11 is 0. The maximum atomic E-state index is 13.7. The maximum Gasteiger partial charge on any atom is 0.321 e. The van der Waals surface area contributed by atoms with Gasteiger partial charge in [-0.05, 0) is 46.5 Å². The molecule has 196 valence electrons. The van der Waals surface area contributed by atoms with Crippen molar-refractivity contribution in [2.75, 3.05) is 38.2 Å². The Morgan fingerprint density at radius 2 is 1.83 bits per heavy atom. The molecule has 0 aromatic carbocycles. The van der Waals surface area contributed by atoms with Crippen molar-refractivity contribution >= 4 is 17.8 Å². The molecule has 2 N–H and O–H groups in total. The van der Waals surface area contributed by atoms with Gasteiger partial charge in [0.1, 0.15) is 0 Å². The third kappa shape index (κ3) is 4.61. The molecule has 2 aromatic rings. The summed E-state index contributed by atoms with van der Waals surface area (Å²) < 4.78 is 11.0. The van der Waals surface area contributed by atoms with E-state index in [9.17, 15) is 9.59 Å². The van der Waals surface area contributed by atoms with Gasteiger partial charge in [0.25, 0.3) is 5.91 Å². The molecule has 11 nitrogen and oxygen atoms in total. The first-order valence-corrected chi connectivity index (χ1v) is 12.9. The highest BCUT2D eigenvalue weighted by Crippen LogP contribution is 2.37. The average Bonchev–Trinajstić information content (AvgIpc) is 3.50. The minimum absolute atomic E-state index is 0.0242. The summed E-state index contributed by atoms with van der Waals surface area (Å²) in [5.41, 5.74) is 2.21. The number of nitrogens with zero attached hydrogens (tertiary/aromatic N) is 5. The van der Waals surface area contributed by atoms with Gasteiger partial charge in [-0.25, -0.2) is 9.78 Å². The highest BCUT2D eigenvalue weighted by Gasteiger charge is 2.41. The molecule has 1 unspecified atom stereocenters. The minimum Gasteiger partial charge on any atom is -0.436 e. The fourth-order valence-electron chi connectivity index (χ4n) is 5.74. The molecule has 5 heterocycles. The summed E-state index contributed by atoms with van der Waals surface area (Å²) in [4.78, 5) is 37.0. The number of anilines is 1. The zero-order valence-electron chi connectivity index (χ0n) is 21.8. The molecule has 0 spiro atoms. The molecule has 36 heavy (non-hydrogen) atoms. The second kappa shape index (κ2) is 9.85. The van der Waals surface area contributed by atoms with Crippen LogP contribution < -0.4 is 5.32 Å². The first-order chi connectivity index (χ1) is 17.2. The normalized spacial score (nSPS) is 25.3. The molecule has 3 amide bonds. The largest absolute Gasteiger partial charge is 0.436 e. The van der Waals surface area contributed by atoms with Gasteiger partial charge in [0, 0.05) is 57.4 Å². The van der Waals surface area contributed by atoms with Crippen molar-refractivity contribution in [3.63, 3.8) is 0 Å². The molecule has 3 aliphatic rings. The number of oxazole rings is 1. The van der Waals surface area contributed by atoms with E-state index >= 15 is 0 Å². The van der Waals surface area contributed by atoms with Crippen LogP contribution in [0.1, 0.15) is 73.1 Å². The fourth-order valence-corrected chi connectivity index (χ4v) is 5.74. The lowest BCUT2D eigenvalue weighted by atomic mass is 9.97. The summed E-state index contributed by atoms with van der Waals surface area (Å²) in [5, 5.41) is 10.2. The van der Waals surface area contributed by atoms with Gasteiger partial charge in [-0.2, -0.15) is 5.10 Å². The number of piperazine rings is 1. The molecular weight excluding hydrogens is 462 g/mol. The van der Waals surface area contributed by atoms with Crippen molar-refractivity contribution in [1.82, 2.24) is 29.9 Å². The van der Waals surface area contributed by atoms with E-state index in [1.54, 1.807) is 13.8 Å². The monoisotopic (exact) mass is 499 g/mol. The van der Waals surface area contributed by atoms with E-state index < -0.39 is 5.91 Å². The summed E-state index contributed by atoms with van der Waals surface area (Å²) in [6.45, 7) is 14.5. The number of nitrogens with one attached hydrogen (secondary N) is 2. The molecule has 3 aliphatic heterocycles. The van der Waals surface area contributed by atoms with Gasteiger partial charge in [-0.1, -0.05) is 0 Å². The number of aryl methyl sites for hydroxylation is 2. The molecule has 0 radical (unpaired) electrons. The number of carbonyl (C=O) groups is 2. The fraction of sp³-hybridized carbons (Fsp3) is 0.680. The van der Waals surface area contributed by atoms with Gasteiger partial charge in [-0.3, -0.25) is 14.8 Å². The predicted molar refractivity (Wildman–Crippen MR) is 133 cm³/mol. The van der Waals surface area contributed by atoms with Crippen molar-refractivity contribution in [1.29, 1.82) is 0 Å². The summed E-state index contributed by atoms with van der Waals surface area (Å²) in [7, 11) is 0. The summed E-state index contributed by atoms with van der Waals surface area (Å²) in [5.74, 6) is 1.30. The summed E-state index contributed by atoms with van der Waals surface area (Å²) in [6, 6.07) is 0.280. The van der Waals surface area contributed by atoms with E-state index in [0.29, 0.717) is 42.5 Å². The van der Waals surface area contributed by atoms with Crippen LogP contribution in [0, 0.1) is 19.8 Å². The number of aromatic nitrogens is 3. The molecular formula is C25H37N7O4. The van der Waals surface area contributed by atoms with Gasteiger partial charge < -0.3 is 24.3 Å². The number of fused-ring (bicyclic) bond motifs is 1. The number of aromatic amines is 1. The lowest BCUT2D eigenvalue weighted by Gasteiger charge is -2.46. The highest BCUT2D eigenvalue weighted by atomic mass is 16.5. The molecule has 0 bridgehead atoms. The second-order valence-corrected chi connectivity index (χ2v) is 10.5. The Hall–Kier alpha value is -2.92. The first kappa shape index (κ1) is 24.8. The smallest absolute Gasteiger partial charge is 0.321 e. The standard InChI is InChI=1S/C25H37N7O4/c1-14-11-31(15(2)10-30(14)12-19-6-8-35-9-7-19)25(34)32-13-20-21(17(32)4)28-29-23(20)27-24(33)22-16(3)26-18(5)36-22/h14-15,17,19H,6-13H2,1-5H3,(H2,27,28,29,33)/t14-,15+,17?/m1/s1. The van der Waals surface area contributed by atoms with Crippen LogP contribution in [0.2, 0.25) is 0 Å². The lowest BCUT2D eigenvalue weighted by molar-refractivity contribution is 0.0127. The van der Waals surface area contributed by atoms with Crippen molar-refractivity contribution in [2.45, 2.75) is 72.1 Å². The lowest BCUT2D eigenvalue weighted by Crippen LogP contribution is -2.60.